The van der Waals surface area contributed by atoms with Gasteiger partial charge in [-0.2, -0.15) is 0 Å². The van der Waals surface area contributed by atoms with Crippen molar-refractivity contribution < 1.29 is 4.79 Å². The lowest BCUT2D eigenvalue weighted by atomic mass is 9.83. The lowest BCUT2D eigenvalue weighted by Crippen LogP contribution is -2.13. The fourth-order valence-electron chi connectivity index (χ4n) is 3.75. The molecule has 2 unspecified atom stereocenters. The van der Waals surface area contributed by atoms with Gasteiger partial charge < -0.3 is 5.32 Å². The smallest absolute Gasteiger partial charge is 0.221 e. The maximum absolute atomic E-state index is 11.2. The SMILES string of the molecule is CC(=O)Nc1ccccc1[C@H]1CC2CCC1C2. The first-order chi connectivity index (χ1) is 8.24. The van der Waals surface area contributed by atoms with Gasteiger partial charge in [-0.1, -0.05) is 24.6 Å². The molecule has 0 aliphatic heterocycles. The minimum absolute atomic E-state index is 0.0283. The zero-order valence-corrected chi connectivity index (χ0v) is 10.3. The molecule has 17 heavy (non-hydrogen) atoms. The van der Waals surface area contributed by atoms with Crippen LogP contribution < -0.4 is 5.32 Å². The molecule has 1 aromatic rings. The molecule has 3 atom stereocenters. The van der Waals surface area contributed by atoms with Crippen LogP contribution >= 0.6 is 0 Å². The van der Waals surface area contributed by atoms with Crippen molar-refractivity contribution in [3.63, 3.8) is 0 Å². The Morgan fingerprint density at radius 2 is 2.06 bits per heavy atom. The van der Waals surface area contributed by atoms with E-state index in [0.29, 0.717) is 5.92 Å². The van der Waals surface area contributed by atoms with E-state index in [-0.39, 0.29) is 5.91 Å². The zero-order chi connectivity index (χ0) is 11.8. The molecule has 2 heteroatoms. The second kappa shape index (κ2) is 4.17. The van der Waals surface area contributed by atoms with E-state index < -0.39 is 0 Å². The average molecular weight is 229 g/mol. The number of carbonyl (C=O) groups is 1. The molecule has 0 radical (unpaired) electrons. The van der Waals surface area contributed by atoms with Gasteiger partial charge in [0.05, 0.1) is 0 Å². The molecule has 2 bridgehead atoms. The number of para-hydroxylation sites is 1. The Balaban J connectivity index is 1.89. The molecule has 3 rings (SSSR count). The van der Waals surface area contributed by atoms with Crippen molar-refractivity contribution in [2.75, 3.05) is 5.32 Å². The highest BCUT2D eigenvalue weighted by atomic mass is 16.1. The topological polar surface area (TPSA) is 29.1 Å². The molecule has 2 saturated carbocycles. The average Bonchev–Trinajstić information content (AvgIpc) is 2.90. The van der Waals surface area contributed by atoms with Crippen molar-refractivity contribution >= 4 is 11.6 Å². The summed E-state index contributed by atoms with van der Waals surface area (Å²) in [5, 5.41) is 2.97. The second-order valence-electron chi connectivity index (χ2n) is 5.55. The summed E-state index contributed by atoms with van der Waals surface area (Å²) in [5.74, 6) is 2.50. The quantitative estimate of drug-likeness (QED) is 0.825. The highest BCUT2D eigenvalue weighted by molar-refractivity contribution is 5.89. The number of nitrogens with one attached hydrogen (secondary N) is 1. The van der Waals surface area contributed by atoms with Gasteiger partial charge in [-0.3, -0.25) is 4.79 Å². The molecule has 1 aromatic carbocycles. The Morgan fingerprint density at radius 3 is 2.71 bits per heavy atom. The fraction of sp³-hybridized carbons (Fsp3) is 0.533. The van der Waals surface area contributed by atoms with Gasteiger partial charge in [0.1, 0.15) is 0 Å². The van der Waals surface area contributed by atoms with E-state index in [1.165, 1.54) is 31.2 Å². The largest absolute Gasteiger partial charge is 0.326 e. The molecule has 0 spiro atoms. The van der Waals surface area contributed by atoms with Crippen LogP contribution in [-0.2, 0) is 4.79 Å². The number of rotatable bonds is 2. The van der Waals surface area contributed by atoms with Crippen molar-refractivity contribution in [3.05, 3.63) is 29.8 Å². The van der Waals surface area contributed by atoms with E-state index in [4.69, 9.17) is 0 Å². The van der Waals surface area contributed by atoms with Crippen LogP contribution in [0, 0.1) is 11.8 Å². The first kappa shape index (κ1) is 10.8. The first-order valence-corrected chi connectivity index (χ1v) is 6.60. The Bertz CT molecular complexity index is 440. The van der Waals surface area contributed by atoms with E-state index in [1.807, 2.05) is 12.1 Å². The van der Waals surface area contributed by atoms with E-state index >= 15 is 0 Å². The van der Waals surface area contributed by atoms with Crippen LogP contribution in [0.4, 0.5) is 5.69 Å². The predicted molar refractivity (Wildman–Crippen MR) is 68.9 cm³/mol. The molecule has 0 saturated heterocycles. The van der Waals surface area contributed by atoms with Gasteiger partial charge in [-0.15, -0.1) is 0 Å². The van der Waals surface area contributed by atoms with Crippen molar-refractivity contribution in [1.29, 1.82) is 0 Å². The summed E-state index contributed by atoms with van der Waals surface area (Å²) in [6.07, 6.45) is 5.52. The second-order valence-corrected chi connectivity index (χ2v) is 5.55. The van der Waals surface area contributed by atoms with Crippen LogP contribution in [-0.4, -0.2) is 5.91 Å². The molecule has 2 fully saturated rings. The Kier molecular flexibility index (Phi) is 2.65. The maximum atomic E-state index is 11.2. The predicted octanol–water partition coefficient (Wildman–Crippen LogP) is 3.55. The summed E-state index contributed by atoms with van der Waals surface area (Å²) >= 11 is 0. The van der Waals surface area contributed by atoms with Crippen molar-refractivity contribution in [1.82, 2.24) is 0 Å². The van der Waals surface area contributed by atoms with E-state index in [9.17, 15) is 4.79 Å². The standard InChI is InChI=1S/C15H19NO/c1-10(17)16-15-5-3-2-4-13(15)14-9-11-6-7-12(14)8-11/h2-5,11-12,14H,6-9H2,1H3,(H,16,17)/t11?,12?,14-/m0/s1. The van der Waals surface area contributed by atoms with Gasteiger partial charge in [0.2, 0.25) is 5.91 Å². The number of hydrogen-bond acceptors (Lipinski definition) is 1. The molecule has 90 valence electrons. The van der Waals surface area contributed by atoms with Crippen LogP contribution in [0.2, 0.25) is 0 Å². The summed E-state index contributed by atoms with van der Waals surface area (Å²) in [5.41, 5.74) is 2.38. The highest BCUT2D eigenvalue weighted by Crippen LogP contribution is 2.53. The van der Waals surface area contributed by atoms with Gasteiger partial charge in [0.25, 0.3) is 0 Å². The Labute approximate surface area is 102 Å². The minimum Gasteiger partial charge on any atom is -0.326 e. The molecule has 0 aromatic heterocycles. The number of carbonyl (C=O) groups excluding carboxylic acids is 1. The number of amides is 1. The lowest BCUT2D eigenvalue weighted by molar-refractivity contribution is -0.114. The normalized spacial score (nSPS) is 30.5. The molecule has 1 N–H and O–H groups in total. The molecule has 2 aliphatic rings. The van der Waals surface area contributed by atoms with Crippen LogP contribution in [0.15, 0.2) is 24.3 Å². The van der Waals surface area contributed by atoms with Crippen molar-refractivity contribution in [2.45, 2.75) is 38.5 Å². The molecule has 0 heterocycles. The van der Waals surface area contributed by atoms with Gasteiger partial charge in [0, 0.05) is 12.6 Å². The van der Waals surface area contributed by atoms with Crippen molar-refractivity contribution in [3.8, 4) is 0 Å². The molecule has 2 aliphatic carbocycles. The van der Waals surface area contributed by atoms with Crippen molar-refractivity contribution in [2.24, 2.45) is 11.8 Å². The Morgan fingerprint density at radius 1 is 1.24 bits per heavy atom. The third-order valence-corrected chi connectivity index (χ3v) is 4.41. The van der Waals surface area contributed by atoms with Gasteiger partial charge >= 0.3 is 0 Å². The van der Waals surface area contributed by atoms with Crippen LogP contribution in [0.1, 0.15) is 44.1 Å². The zero-order valence-electron chi connectivity index (χ0n) is 10.3. The van der Waals surface area contributed by atoms with Crippen LogP contribution in [0.3, 0.4) is 0 Å². The molecular weight excluding hydrogens is 210 g/mol. The van der Waals surface area contributed by atoms with E-state index in [1.54, 1.807) is 6.92 Å². The third-order valence-electron chi connectivity index (χ3n) is 4.41. The maximum Gasteiger partial charge on any atom is 0.221 e. The molecule has 1 amide bonds. The van der Waals surface area contributed by atoms with Gasteiger partial charge in [-0.05, 0) is 48.6 Å². The summed E-state index contributed by atoms with van der Waals surface area (Å²) in [6.45, 7) is 1.58. The lowest BCUT2D eigenvalue weighted by Gasteiger charge is -2.24. The Hall–Kier alpha value is -1.31. The highest BCUT2D eigenvalue weighted by Gasteiger charge is 2.40. The number of anilines is 1. The fourth-order valence-corrected chi connectivity index (χ4v) is 3.75. The van der Waals surface area contributed by atoms with Gasteiger partial charge in [-0.25, -0.2) is 0 Å². The van der Waals surface area contributed by atoms with Crippen LogP contribution in [0.25, 0.3) is 0 Å². The number of fused-ring (bicyclic) bond motifs is 2. The number of benzene rings is 1. The van der Waals surface area contributed by atoms with Crippen LogP contribution in [0.5, 0.6) is 0 Å². The minimum atomic E-state index is 0.0283. The van der Waals surface area contributed by atoms with E-state index in [2.05, 4.69) is 17.4 Å². The monoisotopic (exact) mass is 229 g/mol. The molecule has 2 nitrogen and oxygen atoms in total. The summed E-state index contributed by atoms with van der Waals surface area (Å²) in [4.78, 5) is 11.2. The third kappa shape index (κ3) is 1.97. The van der Waals surface area contributed by atoms with Gasteiger partial charge in [0.15, 0.2) is 0 Å². The summed E-state index contributed by atoms with van der Waals surface area (Å²) in [6, 6.07) is 8.31. The first-order valence-electron chi connectivity index (χ1n) is 6.60. The summed E-state index contributed by atoms with van der Waals surface area (Å²) in [7, 11) is 0. The van der Waals surface area contributed by atoms with E-state index in [0.717, 1.165) is 17.5 Å². The summed E-state index contributed by atoms with van der Waals surface area (Å²) < 4.78 is 0. The number of hydrogen-bond donors (Lipinski definition) is 1. The molecular formula is C15H19NO.